The molecule has 0 bridgehead atoms. The van der Waals surface area contributed by atoms with Crippen LogP contribution in [0.4, 0.5) is 17.1 Å². The van der Waals surface area contributed by atoms with Gasteiger partial charge < -0.3 is 15.0 Å². The third kappa shape index (κ3) is 4.82. The summed E-state index contributed by atoms with van der Waals surface area (Å²) in [6, 6.07) is 10.8. The summed E-state index contributed by atoms with van der Waals surface area (Å²) in [5.41, 5.74) is 0.766. The molecule has 8 nitrogen and oxygen atoms in total. The molecule has 0 atom stereocenters. The summed E-state index contributed by atoms with van der Waals surface area (Å²) in [5.74, 6) is 0.248. The second-order valence-electron chi connectivity index (χ2n) is 7.94. The van der Waals surface area contributed by atoms with Crippen LogP contribution in [0.25, 0.3) is 0 Å². The Morgan fingerprint density at radius 2 is 1.74 bits per heavy atom. The molecule has 31 heavy (non-hydrogen) atoms. The van der Waals surface area contributed by atoms with Gasteiger partial charge in [-0.15, -0.1) is 0 Å². The second kappa shape index (κ2) is 8.58. The molecular formula is C22H27N3O5S. The summed E-state index contributed by atoms with van der Waals surface area (Å²) < 4.78 is 34.0. The van der Waals surface area contributed by atoms with E-state index in [9.17, 15) is 18.0 Å². The molecule has 0 saturated carbocycles. The summed E-state index contributed by atoms with van der Waals surface area (Å²) in [6.45, 7) is 7.92. The van der Waals surface area contributed by atoms with Crippen LogP contribution in [-0.2, 0) is 19.6 Å². The van der Waals surface area contributed by atoms with Gasteiger partial charge >= 0.3 is 0 Å². The van der Waals surface area contributed by atoms with Crippen LogP contribution in [0.3, 0.4) is 0 Å². The predicted molar refractivity (Wildman–Crippen MR) is 120 cm³/mol. The Morgan fingerprint density at radius 3 is 2.35 bits per heavy atom. The maximum absolute atomic E-state index is 12.8. The van der Waals surface area contributed by atoms with Crippen LogP contribution in [-0.4, -0.2) is 33.4 Å². The Bertz CT molecular complexity index is 1090. The number of nitrogens with one attached hydrogen (secondary N) is 2. The molecule has 0 unspecified atom stereocenters. The van der Waals surface area contributed by atoms with Gasteiger partial charge in [-0.1, -0.05) is 6.92 Å². The van der Waals surface area contributed by atoms with Crippen LogP contribution < -0.4 is 19.7 Å². The van der Waals surface area contributed by atoms with Gasteiger partial charge in [0.05, 0.1) is 21.7 Å². The van der Waals surface area contributed by atoms with Crippen LogP contribution >= 0.6 is 0 Å². The Hall–Kier alpha value is -3.07. The van der Waals surface area contributed by atoms with E-state index in [1.165, 1.54) is 24.3 Å². The van der Waals surface area contributed by atoms with Gasteiger partial charge in [0.25, 0.3) is 10.0 Å². The Labute approximate surface area is 182 Å². The molecule has 166 valence electrons. The summed E-state index contributed by atoms with van der Waals surface area (Å²) in [7, 11) is -3.85. The molecule has 1 aliphatic heterocycles. The minimum atomic E-state index is -3.85. The zero-order chi connectivity index (χ0) is 22.8. The van der Waals surface area contributed by atoms with Crippen LogP contribution in [0.1, 0.15) is 34.1 Å². The van der Waals surface area contributed by atoms with Crippen molar-refractivity contribution in [3.05, 3.63) is 42.5 Å². The summed E-state index contributed by atoms with van der Waals surface area (Å²) >= 11 is 0. The highest BCUT2D eigenvalue weighted by Crippen LogP contribution is 2.38. The van der Waals surface area contributed by atoms with E-state index in [0.717, 1.165) is 0 Å². The predicted octanol–water partition coefficient (Wildman–Crippen LogP) is 3.61. The van der Waals surface area contributed by atoms with Crippen molar-refractivity contribution in [2.45, 2.75) is 39.0 Å². The molecule has 0 radical (unpaired) electrons. The Kier molecular flexibility index (Phi) is 6.26. The molecule has 2 aromatic rings. The van der Waals surface area contributed by atoms with Crippen molar-refractivity contribution >= 4 is 38.9 Å². The molecule has 0 fully saturated rings. The van der Waals surface area contributed by atoms with Crippen molar-refractivity contribution in [1.29, 1.82) is 0 Å². The first-order valence-electron chi connectivity index (χ1n) is 10.1. The number of amides is 2. The first-order chi connectivity index (χ1) is 14.6. The Morgan fingerprint density at radius 1 is 1.10 bits per heavy atom. The van der Waals surface area contributed by atoms with Crippen molar-refractivity contribution < 1.29 is 22.7 Å². The summed E-state index contributed by atoms with van der Waals surface area (Å²) in [5, 5.41) is 2.68. The maximum Gasteiger partial charge on any atom is 0.261 e. The fraction of sp³-hybridized carbons (Fsp3) is 0.364. The lowest BCUT2D eigenvalue weighted by molar-refractivity contribution is -0.127. The minimum Gasteiger partial charge on any atom is -0.490 e. The van der Waals surface area contributed by atoms with Crippen molar-refractivity contribution in [2.75, 3.05) is 28.1 Å². The van der Waals surface area contributed by atoms with Gasteiger partial charge in [0.1, 0.15) is 12.4 Å². The highest BCUT2D eigenvalue weighted by Gasteiger charge is 2.37. The van der Waals surface area contributed by atoms with E-state index in [-0.39, 0.29) is 23.3 Å². The molecule has 9 heteroatoms. The zero-order valence-corrected chi connectivity index (χ0v) is 18.9. The fourth-order valence-electron chi connectivity index (χ4n) is 3.21. The lowest BCUT2D eigenvalue weighted by Gasteiger charge is -2.26. The van der Waals surface area contributed by atoms with Crippen LogP contribution in [0.2, 0.25) is 0 Å². The van der Waals surface area contributed by atoms with E-state index in [4.69, 9.17) is 4.74 Å². The van der Waals surface area contributed by atoms with E-state index in [0.29, 0.717) is 35.8 Å². The average molecular weight is 446 g/mol. The van der Waals surface area contributed by atoms with E-state index < -0.39 is 15.4 Å². The quantitative estimate of drug-likeness (QED) is 0.707. The number of nitrogens with zero attached hydrogens (tertiary/aromatic N) is 1. The number of rotatable bonds is 6. The molecule has 2 N–H and O–H groups in total. The highest BCUT2D eigenvalue weighted by atomic mass is 32.2. The van der Waals surface area contributed by atoms with Crippen LogP contribution in [0, 0.1) is 5.41 Å². The number of hydrogen-bond donors (Lipinski definition) is 2. The summed E-state index contributed by atoms with van der Waals surface area (Å²) in [6.07, 6.45) is 0.334. The SMILES string of the molecule is CCC(=O)Nc1ccc(S(=O)(=O)Nc2ccc3c(c2)OCC(C)(C)C(=O)N3CC)cc1. The van der Waals surface area contributed by atoms with Gasteiger partial charge in [0, 0.05) is 24.7 Å². The first kappa shape index (κ1) is 22.6. The Balaban J connectivity index is 1.84. The molecule has 0 aromatic heterocycles. The number of hydrogen-bond acceptors (Lipinski definition) is 5. The number of carbonyl (C=O) groups excluding carboxylic acids is 2. The molecule has 1 heterocycles. The molecule has 1 aliphatic rings. The largest absolute Gasteiger partial charge is 0.490 e. The number of ether oxygens (including phenoxy) is 1. The van der Waals surface area contributed by atoms with Gasteiger partial charge in [0.15, 0.2) is 0 Å². The van der Waals surface area contributed by atoms with Crippen molar-refractivity contribution in [3.63, 3.8) is 0 Å². The standard InChI is InChI=1S/C22H27N3O5S/c1-5-20(26)23-15-7-10-17(11-8-15)31(28,29)24-16-9-12-18-19(13-16)30-14-22(3,4)21(27)25(18)6-2/h7-13,24H,5-6,14H2,1-4H3,(H,23,26). The van der Waals surface area contributed by atoms with Crippen LogP contribution in [0.15, 0.2) is 47.4 Å². The molecular weight excluding hydrogens is 418 g/mol. The van der Waals surface area contributed by atoms with Gasteiger partial charge in [-0.2, -0.15) is 0 Å². The second-order valence-corrected chi connectivity index (χ2v) is 9.62. The van der Waals surface area contributed by atoms with Gasteiger partial charge in [-0.05, 0) is 57.2 Å². The van der Waals surface area contributed by atoms with E-state index in [2.05, 4.69) is 10.0 Å². The average Bonchev–Trinajstić information content (AvgIpc) is 2.82. The molecule has 0 saturated heterocycles. The maximum atomic E-state index is 12.8. The lowest BCUT2D eigenvalue weighted by atomic mass is 9.93. The van der Waals surface area contributed by atoms with E-state index in [1.54, 1.807) is 30.0 Å². The topological polar surface area (TPSA) is 105 Å². The van der Waals surface area contributed by atoms with E-state index in [1.807, 2.05) is 20.8 Å². The third-order valence-electron chi connectivity index (χ3n) is 5.00. The molecule has 3 rings (SSSR count). The fourth-order valence-corrected chi connectivity index (χ4v) is 4.26. The van der Waals surface area contributed by atoms with Crippen LogP contribution in [0.5, 0.6) is 5.75 Å². The molecule has 0 aliphatic carbocycles. The van der Waals surface area contributed by atoms with Crippen molar-refractivity contribution in [2.24, 2.45) is 5.41 Å². The number of fused-ring (bicyclic) bond motifs is 1. The molecule has 0 spiro atoms. The number of anilines is 3. The van der Waals surface area contributed by atoms with Gasteiger partial charge in [-0.25, -0.2) is 8.42 Å². The van der Waals surface area contributed by atoms with Crippen molar-refractivity contribution in [1.82, 2.24) is 0 Å². The van der Waals surface area contributed by atoms with E-state index >= 15 is 0 Å². The smallest absolute Gasteiger partial charge is 0.261 e. The monoisotopic (exact) mass is 445 g/mol. The number of benzene rings is 2. The highest BCUT2D eigenvalue weighted by molar-refractivity contribution is 7.92. The summed E-state index contributed by atoms with van der Waals surface area (Å²) in [4.78, 5) is 26.0. The molecule has 2 amide bonds. The number of sulfonamides is 1. The molecule has 2 aromatic carbocycles. The first-order valence-corrected chi connectivity index (χ1v) is 11.6. The zero-order valence-electron chi connectivity index (χ0n) is 18.1. The number of carbonyl (C=O) groups is 2. The lowest BCUT2D eigenvalue weighted by Crippen LogP contribution is -2.42. The minimum absolute atomic E-state index is 0.0441. The third-order valence-corrected chi connectivity index (χ3v) is 6.40. The van der Waals surface area contributed by atoms with Gasteiger partial charge in [-0.3, -0.25) is 14.3 Å². The normalized spacial score (nSPS) is 15.5. The van der Waals surface area contributed by atoms with Crippen molar-refractivity contribution in [3.8, 4) is 5.75 Å². The van der Waals surface area contributed by atoms with Gasteiger partial charge in [0.2, 0.25) is 11.8 Å².